The van der Waals surface area contributed by atoms with Gasteiger partial charge in [-0.1, -0.05) is 39.0 Å². The highest BCUT2D eigenvalue weighted by Crippen LogP contribution is 2.43. The number of rotatable bonds is 9. The fraction of sp³-hybridized carbons (Fsp3) is 0.875. The number of unbranched alkanes of at least 4 members (excludes halogenated alkanes) is 5. The van der Waals surface area contributed by atoms with Crippen LogP contribution >= 0.6 is 0 Å². The van der Waals surface area contributed by atoms with Crippen LogP contribution in [0.15, 0.2) is 0 Å². The molecule has 1 aliphatic carbocycles. The van der Waals surface area contributed by atoms with E-state index in [0.29, 0.717) is 19.4 Å². The quantitative estimate of drug-likeness (QED) is 0.402. The van der Waals surface area contributed by atoms with Crippen LogP contribution in [0.5, 0.6) is 0 Å². The standard InChI is InChI=1S/C16H26O5/c1-2-3-4-5-6-7-8-20-16(19)12-10-14-13(21-14)9-11(12)15(17)18/h11-14H,2-10H2,1H3,(H,17,18). The molecule has 5 nitrogen and oxygen atoms in total. The second-order valence-electron chi connectivity index (χ2n) is 6.17. The lowest BCUT2D eigenvalue weighted by atomic mass is 9.79. The van der Waals surface area contributed by atoms with Gasteiger partial charge in [-0.25, -0.2) is 0 Å². The molecule has 0 aromatic carbocycles. The van der Waals surface area contributed by atoms with Crippen molar-refractivity contribution in [2.45, 2.75) is 70.5 Å². The molecule has 2 fully saturated rings. The van der Waals surface area contributed by atoms with Gasteiger partial charge in [0.25, 0.3) is 0 Å². The molecule has 1 saturated heterocycles. The molecule has 0 aromatic rings. The zero-order valence-corrected chi connectivity index (χ0v) is 12.8. The van der Waals surface area contributed by atoms with Gasteiger partial charge in [-0.3, -0.25) is 9.59 Å². The van der Waals surface area contributed by atoms with Crippen molar-refractivity contribution in [3.05, 3.63) is 0 Å². The van der Waals surface area contributed by atoms with E-state index in [1.54, 1.807) is 0 Å². The van der Waals surface area contributed by atoms with Crippen molar-refractivity contribution in [3.63, 3.8) is 0 Å². The van der Waals surface area contributed by atoms with Crippen LogP contribution < -0.4 is 0 Å². The van der Waals surface area contributed by atoms with Crippen LogP contribution in [0, 0.1) is 11.8 Å². The number of carboxylic acid groups (broad SMARTS) is 1. The summed E-state index contributed by atoms with van der Waals surface area (Å²) >= 11 is 0. The van der Waals surface area contributed by atoms with Gasteiger partial charge in [-0.15, -0.1) is 0 Å². The van der Waals surface area contributed by atoms with Crippen molar-refractivity contribution in [1.82, 2.24) is 0 Å². The Morgan fingerprint density at radius 2 is 1.67 bits per heavy atom. The average Bonchev–Trinajstić information content (AvgIpc) is 3.23. The van der Waals surface area contributed by atoms with Gasteiger partial charge in [0.1, 0.15) is 0 Å². The predicted octanol–water partition coefficient (Wildman–Crippen LogP) is 2.77. The summed E-state index contributed by atoms with van der Waals surface area (Å²) in [4.78, 5) is 23.3. The Morgan fingerprint density at radius 3 is 2.33 bits per heavy atom. The first kappa shape index (κ1) is 16.3. The minimum Gasteiger partial charge on any atom is -0.481 e. The smallest absolute Gasteiger partial charge is 0.309 e. The number of hydrogen-bond donors (Lipinski definition) is 1. The van der Waals surface area contributed by atoms with Gasteiger partial charge in [0, 0.05) is 0 Å². The molecule has 0 bridgehead atoms. The first-order valence-corrected chi connectivity index (χ1v) is 8.18. The number of carbonyl (C=O) groups is 2. The lowest BCUT2D eigenvalue weighted by Gasteiger charge is -2.24. The Bertz CT molecular complexity index is 368. The Balaban J connectivity index is 1.65. The number of ether oxygens (including phenoxy) is 2. The van der Waals surface area contributed by atoms with E-state index in [2.05, 4.69) is 6.92 Å². The minimum absolute atomic E-state index is 0.0497. The summed E-state index contributed by atoms with van der Waals surface area (Å²) in [5.41, 5.74) is 0. The molecule has 0 amide bonds. The largest absolute Gasteiger partial charge is 0.481 e. The second-order valence-corrected chi connectivity index (χ2v) is 6.17. The molecule has 4 atom stereocenters. The van der Waals surface area contributed by atoms with Crippen LogP contribution in [0.2, 0.25) is 0 Å². The number of hydrogen-bond acceptors (Lipinski definition) is 4. The Kier molecular flexibility index (Phi) is 6.03. The van der Waals surface area contributed by atoms with E-state index in [4.69, 9.17) is 9.47 Å². The molecule has 0 aromatic heterocycles. The van der Waals surface area contributed by atoms with Crippen LogP contribution in [-0.4, -0.2) is 35.9 Å². The molecule has 0 spiro atoms. The van der Waals surface area contributed by atoms with Crippen molar-refractivity contribution in [3.8, 4) is 0 Å². The highest BCUT2D eigenvalue weighted by Gasteiger charge is 2.53. The van der Waals surface area contributed by atoms with Crippen molar-refractivity contribution >= 4 is 11.9 Å². The molecule has 5 heteroatoms. The fourth-order valence-electron chi connectivity index (χ4n) is 3.12. The molecule has 2 rings (SSSR count). The molecule has 0 radical (unpaired) electrons. The fourth-order valence-corrected chi connectivity index (χ4v) is 3.12. The van der Waals surface area contributed by atoms with Crippen molar-refractivity contribution in [1.29, 1.82) is 0 Å². The van der Waals surface area contributed by atoms with E-state index in [9.17, 15) is 14.7 Å². The maximum Gasteiger partial charge on any atom is 0.309 e. The summed E-state index contributed by atoms with van der Waals surface area (Å²) in [6.45, 7) is 2.59. The van der Waals surface area contributed by atoms with Gasteiger partial charge in [-0.2, -0.15) is 0 Å². The summed E-state index contributed by atoms with van der Waals surface area (Å²) in [7, 11) is 0. The van der Waals surface area contributed by atoms with Gasteiger partial charge in [-0.05, 0) is 19.3 Å². The zero-order valence-electron chi connectivity index (χ0n) is 12.8. The number of esters is 1. The van der Waals surface area contributed by atoms with E-state index in [1.165, 1.54) is 25.7 Å². The SMILES string of the molecule is CCCCCCCCOC(=O)C1CC2OC2CC1C(=O)O. The van der Waals surface area contributed by atoms with Crippen molar-refractivity contribution in [2.24, 2.45) is 11.8 Å². The first-order valence-electron chi connectivity index (χ1n) is 8.18. The molecule has 1 heterocycles. The third-order valence-corrected chi connectivity index (χ3v) is 4.51. The van der Waals surface area contributed by atoms with E-state index >= 15 is 0 Å². The third-order valence-electron chi connectivity index (χ3n) is 4.51. The highest BCUT2D eigenvalue weighted by atomic mass is 16.6. The van der Waals surface area contributed by atoms with E-state index in [1.807, 2.05) is 0 Å². The number of fused-ring (bicyclic) bond motifs is 1. The Morgan fingerprint density at radius 1 is 1.05 bits per heavy atom. The Hall–Kier alpha value is -1.10. The van der Waals surface area contributed by atoms with Gasteiger partial charge in [0.15, 0.2) is 0 Å². The summed E-state index contributed by atoms with van der Waals surface area (Å²) < 4.78 is 10.6. The summed E-state index contributed by atoms with van der Waals surface area (Å²) in [5.74, 6) is -2.45. The van der Waals surface area contributed by atoms with Gasteiger partial charge in [0.05, 0.1) is 30.7 Å². The van der Waals surface area contributed by atoms with Gasteiger partial charge >= 0.3 is 11.9 Å². The average molecular weight is 298 g/mol. The molecule has 120 valence electrons. The van der Waals surface area contributed by atoms with Crippen molar-refractivity contribution in [2.75, 3.05) is 6.61 Å². The molecule has 1 N–H and O–H groups in total. The maximum absolute atomic E-state index is 12.1. The molecule has 21 heavy (non-hydrogen) atoms. The normalized spacial score (nSPS) is 30.5. The summed E-state index contributed by atoms with van der Waals surface area (Å²) in [6.07, 6.45) is 7.87. The lowest BCUT2D eigenvalue weighted by molar-refractivity contribution is -0.159. The molecular weight excluding hydrogens is 272 g/mol. The molecule has 1 aliphatic heterocycles. The van der Waals surface area contributed by atoms with Crippen LogP contribution in [0.1, 0.15) is 58.3 Å². The van der Waals surface area contributed by atoms with Crippen molar-refractivity contribution < 1.29 is 24.2 Å². The number of aliphatic carboxylic acids is 1. The first-order chi connectivity index (χ1) is 10.1. The van der Waals surface area contributed by atoms with E-state index < -0.39 is 17.8 Å². The molecule has 2 aliphatic rings. The summed E-state index contributed by atoms with van der Waals surface area (Å²) in [5, 5.41) is 9.22. The monoisotopic (exact) mass is 298 g/mol. The topological polar surface area (TPSA) is 76.1 Å². The van der Waals surface area contributed by atoms with Crippen LogP contribution in [0.25, 0.3) is 0 Å². The second kappa shape index (κ2) is 7.78. The number of carbonyl (C=O) groups excluding carboxylic acids is 1. The zero-order chi connectivity index (χ0) is 15.2. The lowest BCUT2D eigenvalue weighted by Crippen LogP contribution is -2.36. The third kappa shape index (κ3) is 4.70. The van der Waals surface area contributed by atoms with E-state index in [0.717, 1.165) is 12.8 Å². The van der Waals surface area contributed by atoms with Crippen LogP contribution in [0.3, 0.4) is 0 Å². The molecule has 1 saturated carbocycles. The molecular formula is C16H26O5. The van der Waals surface area contributed by atoms with E-state index in [-0.39, 0.29) is 18.2 Å². The van der Waals surface area contributed by atoms with Gasteiger partial charge < -0.3 is 14.6 Å². The Labute approximate surface area is 126 Å². The van der Waals surface area contributed by atoms with Gasteiger partial charge in [0.2, 0.25) is 0 Å². The minimum atomic E-state index is -0.912. The maximum atomic E-state index is 12.1. The predicted molar refractivity (Wildman–Crippen MR) is 76.8 cm³/mol. The molecule has 4 unspecified atom stereocenters. The van der Waals surface area contributed by atoms with Crippen LogP contribution in [-0.2, 0) is 19.1 Å². The van der Waals surface area contributed by atoms with Crippen LogP contribution in [0.4, 0.5) is 0 Å². The highest BCUT2D eigenvalue weighted by molar-refractivity contribution is 5.81. The summed E-state index contributed by atoms with van der Waals surface area (Å²) in [6, 6.07) is 0. The number of epoxide rings is 1. The number of carboxylic acids is 1.